The molecular formula is C13H28N4O2S2. The summed E-state index contributed by atoms with van der Waals surface area (Å²) in [5.41, 5.74) is 0. The second kappa shape index (κ2) is 8.85. The van der Waals surface area contributed by atoms with E-state index in [4.69, 9.17) is 0 Å². The van der Waals surface area contributed by atoms with E-state index >= 15 is 0 Å². The van der Waals surface area contributed by atoms with E-state index in [1.165, 1.54) is 24.9 Å². The maximum atomic E-state index is 10.9. The number of sulfonamides is 1. The summed E-state index contributed by atoms with van der Waals surface area (Å²) in [6.45, 7) is 7.07. The molecule has 1 heterocycles. The lowest BCUT2D eigenvalue weighted by Crippen LogP contribution is -2.39. The summed E-state index contributed by atoms with van der Waals surface area (Å²) in [5.74, 6) is 2.04. The molecule has 0 amide bonds. The van der Waals surface area contributed by atoms with Crippen LogP contribution in [0.1, 0.15) is 33.1 Å². The van der Waals surface area contributed by atoms with Crippen molar-refractivity contribution in [2.75, 3.05) is 38.2 Å². The van der Waals surface area contributed by atoms with Crippen LogP contribution in [0.15, 0.2) is 4.99 Å². The topological polar surface area (TPSA) is 82.6 Å². The first-order valence-electron chi connectivity index (χ1n) is 7.45. The van der Waals surface area contributed by atoms with E-state index in [9.17, 15) is 8.42 Å². The molecule has 8 heteroatoms. The van der Waals surface area contributed by atoms with Gasteiger partial charge in [-0.15, -0.1) is 0 Å². The predicted octanol–water partition coefficient (Wildman–Crippen LogP) is 0.767. The zero-order valence-corrected chi connectivity index (χ0v) is 14.9. The molecule has 3 N–H and O–H groups in total. The SMILES string of the molecule is CCNC(=NCC1(C)CCCS1)NCCCNS(C)(=O)=O. The molecule has 6 nitrogen and oxygen atoms in total. The van der Waals surface area contributed by atoms with Crippen LogP contribution in [0.2, 0.25) is 0 Å². The number of nitrogens with zero attached hydrogens (tertiary/aromatic N) is 1. The van der Waals surface area contributed by atoms with Gasteiger partial charge in [0.25, 0.3) is 0 Å². The second-order valence-corrected chi connectivity index (χ2v) is 9.06. The lowest BCUT2D eigenvalue weighted by atomic mass is 10.1. The Bertz CT molecular complexity index is 431. The van der Waals surface area contributed by atoms with Gasteiger partial charge in [0, 0.05) is 24.4 Å². The van der Waals surface area contributed by atoms with Crippen LogP contribution >= 0.6 is 11.8 Å². The van der Waals surface area contributed by atoms with Crippen molar-refractivity contribution < 1.29 is 8.42 Å². The van der Waals surface area contributed by atoms with E-state index < -0.39 is 10.0 Å². The quantitative estimate of drug-likeness (QED) is 0.346. The fourth-order valence-corrected chi connectivity index (χ4v) is 3.84. The van der Waals surface area contributed by atoms with Crippen LogP contribution in [0.4, 0.5) is 0 Å². The molecule has 0 aromatic heterocycles. The van der Waals surface area contributed by atoms with E-state index in [1.807, 2.05) is 18.7 Å². The molecule has 0 saturated carbocycles. The maximum absolute atomic E-state index is 10.9. The molecule has 1 aliphatic rings. The minimum atomic E-state index is -3.09. The summed E-state index contributed by atoms with van der Waals surface area (Å²) in [4.78, 5) is 4.65. The zero-order valence-electron chi connectivity index (χ0n) is 13.2. The zero-order chi connectivity index (χ0) is 15.8. The van der Waals surface area contributed by atoms with Gasteiger partial charge in [0.15, 0.2) is 5.96 Å². The summed E-state index contributed by atoms with van der Waals surface area (Å²) < 4.78 is 24.6. The van der Waals surface area contributed by atoms with Crippen molar-refractivity contribution in [3.8, 4) is 0 Å². The van der Waals surface area contributed by atoms with Crippen LogP contribution in [0.3, 0.4) is 0 Å². The highest BCUT2D eigenvalue weighted by molar-refractivity contribution is 8.00. The lowest BCUT2D eigenvalue weighted by molar-refractivity contribution is 0.584. The Hall–Kier alpha value is -0.470. The standard InChI is InChI=1S/C13H28N4O2S2/c1-4-14-12(15-8-6-9-17-21(3,18)19)16-11-13(2)7-5-10-20-13/h17H,4-11H2,1-3H3,(H2,14,15,16). The van der Waals surface area contributed by atoms with Gasteiger partial charge < -0.3 is 10.6 Å². The third-order valence-corrected chi connectivity index (χ3v) is 5.48. The van der Waals surface area contributed by atoms with E-state index in [2.05, 4.69) is 27.3 Å². The molecule has 1 unspecified atom stereocenters. The molecule has 1 aliphatic heterocycles. The minimum absolute atomic E-state index is 0.264. The van der Waals surface area contributed by atoms with Crippen molar-refractivity contribution in [2.45, 2.75) is 37.9 Å². The Morgan fingerprint density at radius 3 is 2.67 bits per heavy atom. The number of thioether (sulfide) groups is 1. The van der Waals surface area contributed by atoms with Gasteiger partial charge in [0.1, 0.15) is 0 Å². The Morgan fingerprint density at radius 2 is 2.10 bits per heavy atom. The molecule has 0 aliphatic carbocycles. The fourth-order valence-electron chi connectivity index (χ4n) is 2.10. The molecule has 21 heavy (non-hydrogen) atoms. The van der Waals surface area contributed by atoms with Gasteiger partial charge in [-0.05, 0) is 38.9 Å². The molecule has 124 valence electrons. The Balaban J connectivity index is 2.32. The number of hydrogen-bond donors (Lipinski definition) is 3. The van der Waals surface area contributed by atoms with Gasteiger partial charge in [-0.2, -0.15) is 11.8 Å². The van der Waals surface area contributed by atoms with E-state index in [0.717, 1.165) is 25.5 Å². The van der Waals surface area contributed by atoms with Crippen molar-refractivity contribution in [1.82, 2.24) is 15.4 Å². The molecule has 0 aromatic carbocycles. The molecule has 1 fully saturated rings. The lowest BCUT2D eigenvalue weighted by Gasteiger charge is -2.21. The molecule has 1 atom stereocenters. The second-order valence-electron chi connectivity index (χ2n) is 5.54. The van der Waals surface area contributed by atoms with Crippen LogP contribution in [0.25, 0.3) is 0 Å². The van der Waals surface area contributed by atoms with E-state index in [1.54, 1.807) is 0 Å². The summed E-state index contributed by atoms with van der Waals surface area (Å²) in [7, 11) is -3.09. The molecule has 0 radical (unpaired) electrons. The highest BCUT2D eigenvalue weighted by Gasteiger charge is 2.29. The number of rotatable bonds is 8. The van der Waals surface area contributed by atoms with Crippen LogP contribution in [-0.4, -0.2) is 57.3 Å². The molecule has 0 bridgehead atoms. The Kier molecular flexibility index (Phi) is 7.83. The van der Waals surface area contributed by atoms with Gasteiger partial charge >= 0.3 is 0 Å². The van der Waals surface area contributed by atoms with Crippen LogP contribution in [-0.2, 0) is 10.0 Å². The van der Waals surface area contributed by atoms with Crippen LogP contribution in [0, 0.1) is 0 Å². The summed E-state index contributed by atoms with van der Waals surface area (Å²) >= 11 is 2.00. The molecular weight excluding hydrogens is 308 g/mol. The van der Waals surface area contributed by atoms with Crippen LogP contribution < -0.4 is 15.4 Å². The average molecular weight is 337 g/mol. The van der Waals surface area contributed by atoms with Crippen molar-refractivity contribution >= 4 is 27.7 Å². The fraction of sp³-hybridized carbons (Fsp3) is 0.923. The Morgan fingerprint density at radius 1 is 1.33 bits per heavy atom. The van der Waals surface area contributed by atoms with Gasteiger partial charge in [0.2, 0.25) is 10.0 Å². The first-order chi connectivity index (χ1) is 9.85. The normalized spacial score (nSPS) is 23.3. The Labute approximate surface area is 133 Å². The van der Waals surface area contributed by atoms with E-state index in [0.29, 0.717) is 13.1 Å². The van der Waals surface area contributed by atoms with Gasteiger partial charge in [-0.1, -0.05) is 0 Å². The largest absolute Gasteiger partial charge is 0.357 e. The third-order valence-electron chi connectivity index (χ3n) is 3.23. The maximum Gasteiger partial charge on any atom is 0.208 e. The average Bonchev–Trinajstić information content (AvgIpc) is 2.81. The van der Waals surface area contributed by atoms with Gasteiger partial charge in [-0.25, -0.2) is 13.1 Å². The van der Waals surface area contributed by atoms with E-state index in [-0.39, 0.29) is 4.75 Å². The summed E-state index contributed by atoms with van der Waals surface area (Å²) in [6.07, 6.45) is 4.39. The number of guanidine groups is 1. The van der Waals surface area contributed by atoms with Crippen molar-refractivity contribution in [2.24, 2.45) is 4.99 Å². The summed E-state index contributed by atoms with van der Waals surface area (Å²) in [6, 6.07) is 0. The first kappa shape index (κ1) is 18.6. The molecule has 0 aromatic rings. The van der Waals surface area contributed by atoms with Crippen LogP contribution in [0.5, 0.6) is 0 Å². The first-order valence-corrected chi connectivity index (χ1v) is 10.3. The monoisotopic (exact) mass is 336 g/mol. The van der Waals surface area contributed by atoms with Crippen molar-refractivity contribution in [1.29, 1.82) is 0 Å². The van der Waals surface area contributed by atoms with Gasteiger partial charge in [0.05, 0.1) is 12.8 Å². The highest BCUT2D eigenvalue weighted by Crippen LogP contribution is 2.37. The highest BCUT2D eigenvalue weighted by atomic mass is 32.2. The predicted molar refractivity (Wildman–Crippen MR) is 91.5 cm³/mol. The smallest absolute Gasteiger partial charge is 0.208 e. The van der Waals surface area contributed by atoms with Crippen molar-refractivity contribution in [3.63, 3.8) is 0 Å². The van der Waals surface area contributed by atoms with Crippen molar-refractivity contribution in [3.05, 3.63) is 0 Å². The third kappa shape index (κ3) is 8.53. The number of hydrogen-bond acceptors (Lipinski definition) is 4. The number of nitrogens with one attached hydrogen (secondary N) is 3. The number of aliphatic imine (C=N–C) groups is 1. The molecule has 1 saturated heterocycles. The molecule has 1 rings (SSSR count). The minimum Gasteiger partial charge on any atom is -0.357 e. The van der Waals surface area contributed by atoms with Gasteiger partial charge in [-0.3, -0.25) is 4.99 Å². The summed E-state index contributed by atoms with van der Waals surface area (Å²) in [5, 5.41) is 6.46. The molecule has 0 spiro atoms.